The smallest absolute Gasteiger partial charge is 0.156 e. The Kier molecular flexibility index (Phi) is 21.9. The quantitative estimate of drug-likeness (QED) is 0.102. The molecule has 0 saturated heterocycles. The van der Waals surface area contributed by atoms with E-state index in [0.29, 0.717) is 23.9 Å². The molecule has 1 atom stereocenters. The minimum atomic E-state index is 0.227. The van der Waals surface area contributed by atoms with Gasteiger partial charge in [0.05, 0.1) is 0 Å². The Morgan fingerprint density at radius 3 is 2.14 bits per heavy atom. The summed E-state index contributed by atoms with van der Waals surface area (Å²) in [5.74, 6) is 2.32. The van der Waals surface area contributed by atoms with Gasteiger partial charge in [0.1, 0.15) is 5.78 Å². The molecule has 164 valence electrons. The highest BCUT2D eigenvalue weighted by atomic mass is 33.1. The third kappa shape index (κ3) is 19.4. The molecule has 0 aliphatic carbocycles. The molecule has 0 radical (unpaired) electrons. The van der Waals surface area contributed by atoms with E-state index in [0.717, 1.165) is 24.3 Å². The SMILES string of the molecule is CCCCCCC=CC(=O)CCSSCCC(=O)CC(CCCCCC)SC. The number of rotatable bonds is 21. The number of unbranched alkanes of at least 4 members (excludes halogenated alkanes) is 7. The van der Waals surface area contributed by atoms with Gasteiger partial charge in [-0.15, -0.1) is 0 Å². The molecule has 0 fully saturated rings. The Balaban J connectivity index is 3.61. The molecule has 28 heavy (non-hydrogen) atoms. The third-order valence-electron chi connectivity index (χ3n) is 4.68. The number of ketones is 2. The fraction of sp³-hybridized carbons (Fsp3) is 0.826. The van der Waals surface area contributed by atoms with E-state index in [1.54, 1.807) is 27.7 Å². The van der Waals surface area contributed by atoms with Crippen LogP contribution in [-0.2, 0) is 9.59 Å². The molecule has 0 aromatic heterocycles. The van der Waals surface area contributed by atoms with E-state index in [2.05, 4.69) is 20.1 Å². The molecule has 0 N–H and O–H groups in total. The summed E-state index contributed by atoms with van der Waals surface area (Å²) < 4.78 is 0. The molecule has 1 unspecified atom stereocenters. The molecule has 0 bridgehead atoms. The third-order valence-corrected chi connectivity index (χ3v) is 8.15. The van der Waals surface area contributed by atoms with Crippen LogP contribution in [-0.4, -0.2) is 34.6 Å². The molecule has 2 nitrogen and oxygen atoms in total. The summed E-state index contributed by atoms with van der Waals surface area (Å²) in [5.41, 5.74) is 0. The standard InChI is InChI=1S/C23H42O2S3/c1-4-6-8-10-11-12-14-21(24)16-18-27-28-19-17-22(25)20-23(26-3)15-13-9-7-5-2/h12,14,23H,4-11,13,15-20H2,1-3H3. The van der Waals surface area contributed by atoms with Crippen molar-refractivity contribution in [3.8, 4) is 0 Å². The molecule has 0 aliphatic rings. The zero-order chi connectivity index (χ0) is 20.9. The fourth-order valence-electron chi connectivity index (χ4n) is 2.86. The Bertz CT molecular complexity index is 411. The van der Waals surface area contributed by atoms with Gasteiger partial charge < -0.3 is 0 Å². The van der Waals surface area contributed by atoms with Crippen LogP contribution in [0, 0.1) is 0 Å². The Labute approximate surface area is 186 Å². The van der Waals surface area contributed by atoms with E-state index < -0.39 is 0 Å². The highest BCUT2D eigenvalue weighted by Crippen LogP contribution is 2.25. The normalized spacial score (nSPS) is 12.5. The molecule has 0 rings (SSSR count). The summed E-state index contributed by atoms with van der Waals surface area (Å²) in [5, 5.41) is 0.494. The van der Waals surface area contributed by atoms with Crippen molar-refractivity contribution in [3.05, 3.63) is 12.2 Å². The van der Waals surface area contributed by atoms with Crippen LogP contribution in [0.25, 0.3) is 0 Å². The molecule has 0 amide bonds. The second-order valence-electron chi connectivity index (χ2n) is 7.31. The van der Waals surface area contributed by atoms with Crippen LogP contribution in [0.4, 0.5) is 0 Å². The molecule has 0 aromatic carbocycles. The lowest BCUT2D eigenvalue weighted by Gasteiger charge is -2.13. The van der Waals surface area contributed by atoms with Crippen LogP contribution >= 0.6 is 33.3 Å². The minimum Gasteiger partial charge on any atom is -0.300 e. The highest BCUT2D eigenvalue weighted by Gasteiger charge is 2.12. The van der Waals surface area contributed by atoms with Gasteiger partial charge >= 0.3 is 0 Å². The molecular weight excluding hydrogens is 404 g/mol. The van der Waals surface area contributed by atoms with Gasteiger partial charge in [0.2, 0.25) is 0 Å². The van der Waals surface area contributed by atoms with Crippen LogP contribution in [0.3, 0.4) is 0 Å². The number of hydrogen-bond donors (Lipinski definition) is 0. The largest absolute Gasteiger partial charge is 0.300 e. The van der Waals surface area contributed by atoms with Crippen molar-refractivity contribution in [2.75, 3.05) is 17.8 Å². The van der Waals surface area contributed by atoms with Crippen molar-refractivity contribution in [1.82, 2.24) is 0 Å². The monoisotopic (exact) mass is 446 g/mol. The second-order valence-corrected chi connectivity index (χ2v) is 11.2. The maximum atomic E-state index is 12.2. The van der Waals surface area contributed by atoms with Crippen molar-refractivity contribution < 1.29 is 9.59 Å². The van der Waals surface area contributed by atoms with Gasteiger partial charge in [-0.3, -0.25) is 9.59 Å². The van der Waals surface area contributed by atoms with E-state index in [1.165, 1.54) is 57.8 Å². The van der Waals surface area contributed by atoms with E-state index in [1.807, 2.05) is 17.8 Å². The zero-order valence-electron chi connectivity index (χ0n) is 18.4. The number of carbonyl (C=O) groups excluding carboxylic acids is 2. The van der Waals surface area contributed by atoms with Gasteiger partial charge in [0.25, 0.3) is 0 Å². The Morgan fingerprint density at radius 2 is 1.50 bits per heavy atom. The summed E-state index contributed by atoms with van der Waals surface area (Å²) in [4.78, 5) is 23.9. The van der Waals surface area contributed by atoms with E-state index in [-0.39, 0.29) is 5.78 Å². The minimum absolute atomic E-state index is 0.227. The number of thioether (sulfide) groups is 1. The summed E-state index contributed by atoms with van der Waals surface area (Å²) in [6.07, 6.45) is 20.2. The van der Waals surface area contributed by atoms with Crippen LogP contribution in [0.1, 0.15) is 97.3 Å². The van der Waals surface area contributed by atoms with E-state index >= 15 is 0 Å². The van der Waals surface area contributed by atoms with Gasteiger partial charge in [-0.25, -0.2) is 0 Å². The van der Waals surface area contributed by atoms with Gasteiger partial charge in [-0.1, -0.05) is 86.5 Å². The average molecular weight is 447 g/mol. The predicted molar refractivity (Wildman–Crippen MR) is 133 cm³/mol. The molecular formula is C23H42O2S3. The average Bonchev–Trinajstić information content (AvgIpc) is 2.69. The second kappa shape index (κ2) is 21.8. The lowest BCUT2D eigenvalue weighted by molar-refractivity contribution is -0.118. The first-order chi connectivity index (χ1) is 13.6. The zero-order valence-corrected chi connectivity index (χ0v) is 20.8. The number of carbonyl (C=O) groups is 2. The fourth-order valence-corrected chi connectivity index (χ4v) is 5.65. The first-order valence-corrected chi connectivity index (χ1v) is 14.9. The molecule has 0 heterocycles. The lowest BCUT2D eigenvalue weighted by Crippen LogP contribution is -2.11. The number of allylic oxidation sites excluding steroid dienone is 2. The molecule has 5 heteroatoms. The van der Waals surface area contributed by atoms with Gasteiger partial charge in [-0.2, -0.15) is 11.8 Å². The van der Waals surface area contributed by atoms with E-state index in [9.17, 15) is 9.59 Å². The van der Waals surface area contributed by atoms with Crippen molar-refractivity contribution in [2.45, 2.75) is 103 Å². The van der Waals surface area contributed by atoms with Crippen LogP contribution in [0.15, 0.2) is 12.2 Å². The van der Waals surface area contributed by atoms with Crippen molar-refractivity contribution >= 4 is 44.9 Å². The van der Waals surface area contributed by atoms with E-state index in [4.69, 9.17) is 0 Å². The molecule has 0 aliphatic heterocycles. The summed E-state index contributed by atoms with van der Waals surface area (Å²) >= 11 is 1.84. The van der Waals surface area contributed by atoms with Crippen LogP contribution < -0.4 is 0 Å². The highest BCUT2D eigenvalue weighted by molar-refractivity contribution is 8.76. The summed E-state index contributed by atoms with van der Waals surface area (Å²) in [7, 11) is 3.46. The van der Waals surface area contributed by atoms with Gasteiger partial charge in [0.15, 0.2) is 5.78 Å². The first kappa shape index (κ1) is 28.1. The summed E-state index contributed by atoms with van der Waals surface area (Å²) in [6.45, 7) is 4.44. The van der Waals surface area contributed by atoms with Crippen LogP contribution in [0.2, 0.25) is 0 Å². The van der Waals surface area contributed by atoms with Crippen molar-refractivity contribution in [1.29, 1.82) is 0 Å². The number of Topliss-reactive ketones (excluding diaryl/α,β-unsaturated/α-hetero) is 1. The van der Waals surface area contributed by atoms with Crippen molar-refractivity contribution in [3.63, 3.8) is 0 Å². The predicted octanol–water partition coefficient (Wildman–Crippen LogP) is 7.90. The van der Waals surface area contributed by atoms with Crippen molar-refractivity contribution in [2.24, 2.45) is 0 Å². The first-order valence-electron chi connectivity index (χ1n) is 11.1. The molecule has 0 spiro atoms. The Morgan fingerprint density at radius 1 is 0.857 bits per heavy atom. The maximum Gasteiger partial charge on any atom is 0.156 e. The van der Waals surface area contributed by atoms with Crippen LogP contribution in [0.5, 0.6) is 0 Å². The maximum absolute atomic E-state index is 12.2. The molecule has 0 aromatic rings. The molecule has 0 saturated carbocycles. The summed E-state index contributed by atoms with van der Waals surface area (Å²) in [6, 6.07) is 0. The number of hydrogen-bond acceptors (Lipinski definition) is 5. The lowest BCUT2D eigenvalue weighted by atomic mass is 10.1. The van der Waals surface area contributed by atoms with Gasteiger partial charge in [-0.05, 0) is 31.6 Å². The topological polar surface area (TPSA) is 34.1 Å². The Hall–Kier alpha value is 0.130. The van der Waals surface area contributed by atoms with Gasteiger partial charge in [0, 0.05) is 36.0 Å².